The molecule has 1 aliphatic rings. The number of pyridine rings is 2. The number of nitrogens with two attached hydrogens (primary N) is 1. The van der Waals surface area contributed by atoms with Crippen molar-refractivity contribution in [2.75, 3.05) is 0 Å². The van der Waals surface area contributed by atoms with E-state index in [0.29, 0.717) is 35.2 Å². The van der Waals surface area contributed by atoms with Crippen LogP contribution in [0.1, 0.15) is 55.7 Å². The zero-order valence-corrected chi connectivity index (χ0v) is 16.5. The Morgan fingerprint density at radius 3 is 2.67 bits per heavy atom. The van der Waals surface area contributed by atoms with Gasteiger partial charge in [-0.2, -0.15) is 0 Å². The number of primary amides is 1. The third kappa shape index (κ3) is 3.54. The molecule has 152 valence electrons. The van der Waals surface area contributed by atoms with Gasteiger partial charge in [0.05, 0.1) is 11.6 Å². The van der Waals surface area contributed by atoms with E-state index in [4.69, 9.17) is 5.73 Å². The molecule has 0 unspecified atom stereocenters. The molecule has 0 saturated heterocycles. The molecular formula is C23H21FN4O2. The standard InChI is InChI=1S/C23H21FN4O2/c1-14-16(7-4-11-26-14)23(30)28(13-15-5-3-12-27-21(15)22(25)29)20-10-9-17-18(20)6-2-8-19(17)24/h2-8,11-12,20H,9-10,13H2,1H3,(H2,25,29)/t20-/m1/s1. The van der Waals surface area contributed by atoms with Gasteiger partial charge in [0, 0.05) is 30.2 Å². The molecule has 1 aromatic carbocycles. The molecule has 1 atom stereocenters. The van der Waals surface area contributed by atoms with Crippen molar-refractivity contribution in [2.24, 2.45) is 5.73 Å². The molecule has 0 aliphatic heterocycles. The molecule has 3 aromatic rings. The first-order valence-corrected chi connectivity index (χ1v) is 9.71. The summed E-state index contributed by atoms with van der Waals surface area (Å²) in [5.41, 5.74) is 8.64. The highest BCUT2D eigenvalue weighted by Gasteiger charge is 2.34. The second-order valence-corrected chi connectivity index (χ2v) is 7.31. The van der Waals surface area contributed by atoms with Crippen LogP contribution in [-0.4, -0.2) is 26.7 Å². The number of carbonyl (C=O) groups is 2. The fraction of sp³-hybridized carbons (Fsp3) is 0.217. The Bertz CT molecular complexity index is 1130. The SMILES string of the molecule is Cc1ncccc1C(=O)N(Cc1cccnc1C(N)=O)[C@@H]1CCc2c(F)cccc21. The quantitative estimate of drug-likeness (QED) is 0.706. The third-order valence-electron chi connectivity index (χ3n) is 5.52. The summed E-state index contributed by atoms with van der Waals surface area (Å²) in [6.45, 7) is 1.90. The molecule has 7 heteroatoms. The molecule has 0 saturated carbocycles. The maximum absolute atomic E-state index is 14.3. The van der Waals surface area contributed by atoms with Gasteiger partial charge in [-0.1, -0.05) is 18.2 Å². The first kappa shape index (κ1) is 19.7. The number of nitrogens with zero attached hydrogens (tertiary/aromatic N) is 3. The van der Waals surface area contributed by atoms with Gasteiger partial charge in [0.1, 0.15) is 11.5 Å². The van der Waals surface area contributed by atoms with E-state index in [-0.39, 0.29) is 30.0 Å². The molecule has 2 heterocycles. The van der Waals surface area contributed by atoms with Gasteiger partial charge in [0.25, 0.3) is 11.8 Å². The van der Waals surface area contributed by atoms with E-state index in [2.05, 4.69) is 9.97 Å². The second-order valence-electron chi connectivity index (χ2n) is 7.31. The van der Waals surface area contributed by atoms with Crippen LogP contribution in [-0.2, 0) is 13.0 Å². The topological polar surface area (TPSA) is 89.2 Å². The maximum Gasteiger partial charge on any atom is 0.267 e. The molecule has 0 spiro atoms. The Labute approximate surface area is 173 Å². The smallest absolute Gasteiger partial charge is 0.267 e. The third-order valence-corrected chi connectivity index (χ3v) is 5.52. The van der Waals surface area contributed by atoms with Gasteiger partial charge >= 0.3 is 0 Å². The largest absolute Gasteiger partial charge is 0.364 e. The van der Waals surface area contributed by atoms with Crippen molar-refractivity contribution in [1.82, 2.24) is 14.9 Å². The van der Waals surface area contributed by atoms with Crippen LogP contribution in [0.3, 0.4) is 0 Å². The number of halogens is 1. The fourth-order valence-electron chi connectivity index (χ4n) is 4.07. The molecule has 30 heavy (non-hydrogen) atoms. The average molecular weight is 404 g/mol. The zero-order chi connectivity index (χ0) is 21.3. The number of rotatable bonds is 5. The molecule has 1 aliphatic carbocycles. The van der Waals surface area contributed by atoms with Crippen LogP contribution in [0.4, 0.5) is 4.39 Å². The van der Waals surface area contributed by atoms with Crippen molar-refractivity contribution in [3.63, 3.8) is 0 Å². The van der Waals surface area contributed by atoms with Crippen LogP contribution in [0.15, 0.2) is 54.9 Å². The Balaban J connectivity index is 1.79. The van der Waals surface area contributed by atoms with E-state index in [9.17, 15) is 14.0 Å². The molecule has 0 fully saturated rings. The molecule has 0 radical (unpaired) electrons. The monoisotopic (exact) mass is 404 g/mol. The van der Waals surface area contributed by atoms with Crippen molar-refractivity contribution >= 4 is 11.8 Å². The van der Waals surface area contributed by atoms with Gasteiger partial charge in [0.15, 0.2) is 0 Å². The normalized spacial score (nSPS) is 14.9. The Hall–Kier alpha value is -3.61. The van der Waals surface area contributed by atoms with Crippen LogP contribution in [0.2, 0.25) is 0 Å². The van der Waals surface area contributed by atoms with Crippen LogP contribution in [0.25, 0.3) is 0 Å². The van der Waals surface area contributed by atoms with E-state index >= 15 is 0 Å². The maximum atomic E-state index is 14.3. The minimum Gasteiger partial charge on any atom is -0.364 e. The lowest BCUT2D eigenvalue weighted by Crippen LogP contribution is -2.35. The van der Waals surface area contributed by atoms with E-state index in [1.165, 1.54) is 12.3 Å². The predicted octanol–water partition coefficient (Wildman–Crippen LogP) is 3.35. The molecule has 6 nitrogen and oxygen atoms in total. The number of fused-ring (bicyclic) bond motifs is 1. The highest BCUT2D eigenvalue weighted by atomic mass is 19.1. The first-order valence-electron chi connectivity index (χ1n) is 9.71. The van der Waals surface area contributed by atoms with Crippen LogP contribution >= 0.6 is 0 Å². The van der Waals surface area contributed by atoms with E-state index in [0.717, 1.165) is 5.56 Å². The first-order chi connectivity index (χ1) is 14.5. The van der Waals surface area contributed by atoms with Crippen LogP contribution < -0.4 is 5.73 Å². The molecule has 2 aromatic heterocycles. The van der Waals surface area contributed by atoms with Gasteiger partial charge < -0.3 is 10.6 Å². The Kier molecular flexibility index (Phi) is 5.27. The predicted molar refractivity (Wildman–Crippen MR) is 109 cm³/mol. The summed E-state index contributed by atoms with van der Waals surface area (Å²) in [4.78, 5) is 35.4. The van der Waals surface area contributed by atoms with Crippen molar-refractivity contribution in [2.45, 2.75) is 32.4 Å². The van der Waals surface area contributed by atoms with E-state index < -0.39 is 5.91 Å². The fourth-order valence-corrected chi connectivity index (χ4v) is 4.07. The van der Waals surface area contributed by atoms with E-state index in [1.54, 1.807) is 48.4 Å². The number of hydrogen-bond acceptors (Lipinski definition) is 4. The lowest BCUT2D eigenvalue weighted by Gasteiger charge is -2.31. The summed E-state index contributed by atoms with van der Waals surface area (Å²) >= 11 is 0. The second kappa shape index (κ2) is 8.02. The van der Waals surface area contributed by atoms with Crippen molar-refractivity contribution < 1.29 is 14.0 Å². The number of aryl methyl sites for hydroxylation is 1. The molecular weight excluding hydrogens is 383 g/mol. The lowest BCUT2D eigenvalue weighted by molar-refractivity contribution is 0.0654. The molecule has 0 bridgehead atoms. The van der Waals surface area contributed by atoms with Gasteiger partial charge in [-0.25, -0.2) is 4.39 Å². The van der Waals surface area contributed by atoms with Crippen molar-refractivity contribution in [3.8, 4) is 0 Å². The summed E-state index contributed by atoms with van der Waals surface area (Å²) < 4.78 is 14.3. The highest BCUT2D eigenvalue weighted by molar-refractivity contribution is 5.96. The van der Waals surface area contributed by atoms with Gasteiger partial charge in [-0.05, 0) is 55.2 Å². The van der Waals surface area contributed by atoms with Crippen molar-refractivity contribution in [1.29, 1.82) is 0 Å². The molecule has 4 rings (SSSR count). The van der Waals surface area contributed by atoms with Gasteiger partial charge in [-0.3, -0.25) is 19.6 Å². The van der Waals surface area contributed by atoms with Gasteiger partial charge in [0.2, 0.25) is 0 Å². The summed E-state index contributed by atoms with van der Waals surface area (Å²) in [7, 11) is 0. The Morgan fingerprint density at radius 2 is 1.90 bits per heavy atom. The van der Waals surface area contributed by atoms with Crippen LogP contribution in [0.5, 0.6) is 0 Å². The van der Waals surface area contributed by atoms with E-state index in [1.807, 2.05) is 6.07 Å². The number of carbonyl (C=O) groups excluding carboxylic acids is 2. The van der Waals surface area contributed by atoms with Gasteiger partial charge in [-0.15, -0.1) is 0 Å². The minimum absolute atomic E-state index is 0.121. The highest BCUT2D eigenvalue weighted by Crippen LogP contribution is 2.38. The summed E-state index contributed by atoms with van der Waals surface area (Å²) in [6, 6.07) is 11.5. The summed E-state index contributed by atoms with van der Waals surface area (Å²) in [5, 5.41) is 0. The molecule has 2 amide bonds. The number of amides is 2. The van der Waals surface area contributed by atoms with Crippen LogP contribution in [0, 0.1) is 12.7 Å². The number of hydrogen-bond donors (Lipinski definition) is 1. The minimum atomic E-state index is -0.659. The number of aromatic nitrogens is 2. The Morgan fingerprint density at radius 1 is 1.13 bits per heavy atom. The number of benzene rings is 1. The summed E-state index contributed by atoms with van der Waals surface area (Å²) in [5.74, 6) is -1.16. The lowest BCUT2D eigenvalue weighted by atomic mass is 10.0. The zero-order valence-electron chi connectivity index (χ0n) is 16.5. The average Bonchev–Trinajstić information content (AvgIpc) is 3.17. The summed E-state index contributed by atoms with van der Waals surface area (Å²) in [6.07, 6.45) is 4.25. The van der Waals surface area contributed by atoms with Crippen molar-refractivity contribution in [3.05, 3.63) is 94.3 Å². The molecule has 2 N–H and O–H groups in total.